The van der Waals surface area contributed by atoms with Crippen molar-refractivity contribution in [3.8, 4) is 0 Å². The highest BCUT2D eigenvalue weighted by molar-refractivity contribution is 4.48. The molecule has 2 atom stereocenters. The van der Waals surface area contributed by atoms with Gasteiger partial charge in [-0.25, -0.2) is 4.39 Å². The molecule has 0 aromatic carbocycles. The summed E-state index contributed by atoms with van der Waals surface area (Å²) in [5, 5.41) is 8.39. The first kappa shape index (κ1) is 14.8. The number of halogens is 1. The molecule has 15 heavy (non-hydrogen) atoms. The number of hydrogen-bond acceptors (Lipinski definition) is 2. The van der Waals surface area contributed by atoms with E-state index in [-0.39, 0.29) is 6.42 Å². The van der Waals surface area contributed by atoms with Gasteiger partial charge in [0.2, 0.25) is 0 Å². The molecule has 1 N–H and O–H groups in total. The van der Waals surface area contributed by atoms with Gasteiger partial charge < -0.3 is 9.84 Å². The van der Waals surface area contributed by atoms with E-state index in [1.165, 1.54) is 0 Å². The molecule has 0 bridgehead atoms. The van der Waals surface area contributed by atoms with Gasteiger partial charge in [-0.05, 0) is 26.2 Å². The predicted octanol–water partition coefficient (Wildman–Crippen LogP) is 3.43. The zero-order chi connectivity index (χ0) is 11.5. The Bertz CT molecular complexity index is 129. The van der Waals surface area contributed by atoms with Crippen molar-refractivity contribution in [2.45, 2.75) is 71.3 Å². The fraction of sp³-hybridized carbons (Fsp3) is 1.00. The number of alkyl halides is 1. The molecule has 3 heteroatoms. The average molecular weight is 220 g/mol. The van der Waals surface area contributed by atoms with Crippen molar-refractivity contribution in [3.05, 3.63) is 0 Å². The summed E-state index contributed by atoms with van der Waals surface area (Å²) in [7, 11) is 0. The molecular formula is C12H25FO2. The fourth-order valence-electron chi connectivity index (χ4n) is 1.35. The van der Waals surface area contributed by atoms with Crippen molar-refractivity contribution in [1.29, 1.82) is 0 Å². The molecule has 2 nitrogen and oxygen atoms in total. The molecule has 0 amide bonds. The number of ether oxygens (including phenoxy) is 1. The summed E-state index contributed by atoms with van der Waals surface area (Å²) in [6, 6.07) is 0. The van der Waals surface area contributed by atoms with Crippen molar-refractivity contribution in [2.75, 3.05) is 6.61 Å². The molecule has 0 radical (unpaired) electrons. The van der Waals surface area contributed by atoms with Crippen molar-refractivity contribution in [1.82, 2.24) is 0 Å². The number of aliphatic hydroxyl groups excluding tert-OH is 1. The zero-order valence-electron chi connectivity index (χ0n) is 10.0. The second kappa shape index (κ2) is 10.4. The van der Waals surface area contributed by atoms with E-state index < -0.39 is 6.36 Å². The highest BCUT2D eigenvalue weighted by Crippen LogP contribution is 2.08. The van der Waals surface area contributed by atoms with Crippen molar-refractivity contribution in [3.63, 3.8) is 0 Å². The van der Waals surface area contributed by atoms with Crippen LogP contribution in [0.15, 0.2) is 0 Å². The number of rotatable bonds is 10. The first-order chi connectivity index (χ1) is 7.16. The van der Waals surface area contributed by atoms with Crippen molar-refractivity contribution in [2.24, 2.45) is 0 Å². The molecule has 0 aliphatic rings. The van der Waals surface area contributed by atoms with Crippen LogP contribution < -0.4 is 0 Å². The van der Waals surface area contributed by atoms with Crippen LogP contribution in [0, 0.1) is 0 Å². The van der Waals surface area contributed by atoms with E-state index >= 15 is 0 Å². The van der Waals surface area contributed by atoms with Gasteiger partial charge >= 0.3 is 0 Å². The lowest BCUT2D eigenvalue weighted by Crippen LogP contribution is -2.07. The van der Waals surface area contributed by atoms with E-state index in [4.69, 9.17) is 9.84 Å². The maximum atomic E-state index is 12.0. The number of hydrogen-bond donors (Lipinski definition) is 1. The molecule has 92 valence electrons. The summed E-state index contributed by atoms with van der Waals surface area (Å²) in [6.07, 6.45) is 5.20. The molecule has 0 aromatic heterocycles. The van der Waals surface area contributed by atoms with Crippen LogP contribution in [0.4, 0.5) is 4.39 Å². The summed E-state index contributed by atoms with van der Waals surface area (Å²) in [4.78, 5) is 0. The maximum Gasteiger partial charge on any atom is 0.196 e. The molecule has 0 aromatic rings. The lowest BCUT2D eigenvalue weighted by molar-refractivity contribution is 0.0321. The van der Waals surface area contributed by atoms with E-state index in [1.807, 2.05) is 0 Å². The Morgan fingerprint density at radius 2 is 1.73 bits per heavy atom. The van der Waals surface area contributed by atoms with Crippen LogP contribution in [0.1, 0.15) is 58.8 Å². The van der Waals surface area contributed by atoms with Gasteiger partial charge in [-0.15, -0.1) is 0 Å². The third kappa shape index (κ3) is 11.8. The van der Waals surface area contributed by atoms with Gasteiger partial charge in [0, 0.05) is 13.0 Å². The third-order valence-electron chi connectivity index (χ3n) is 2.56. The molecule has 0 fully saturated rings. The van der Waals surface area contributed by atoms with Crippen molar-refractivity contribution >= 4 is 0 Å². The summed E-state index contributed by atoms with van der Waals surface area (Å²) in [5.74, 6) is 0. The Morgan fingerprint density at radius 1 is 1.13 bits per heavy atom. The summed E-state index contributed by atoms with van der Waals surface area (Å²) < 4.78 is 17.5. The second-order valence-corrected chi connectivity index (χ2v) is 4.08. The van der Waals surface area contributed by atoms with E-state index in [9.17, 15) is 4.39 Å². The predicted molar refractivity (Wildman–Crippen MR) is 60.5 cm³/mol. The minimum absolute atomic E-state index is 0.281. The highest BCUT2D eigenvalue weighted by atomic mass is 19.1. The minimum Gasteiger partial charge on any atom is -0.379 e. The van der Waals surface area contributed by atoms with Crippen LogP contribution in [0.25, 0.3) is 0 Å². The Labute approximate surface area is 92.8 Å². The zero-order valence-corrected chi connectivity index (χ0v) is 10.0. The average Bonchev–Trinajstić information content (AvgIpc) is 2.21. The van der Waals surface area contributed by atoms with Gasteiger partial charge in [-0.2, -0.15) is 0 Å². The monoisotopic (exact) mass is 220 g/mol. The number of aliphatic hydroxyl groups is 1. The van der Waals surface area contributed by atoms with Gasteiger partial charge in [0.1, 0.15) is 0 Å². The SMILES string of the molecule is CCC(C)OCCCCCCCC(O)F. The molecular weight excluding hydrogens is 195 g/mol. The smallest absolute Gasteiger partial charge is 0.196 e. The van der Waals surface area contributed by atoms with Gasteiger partial charge in [-0.3, -0.25) is 0 Å². The maximum absolute atomic E-state index is 12.0. The highest BCUT2D eigenvalue weighted by Gasteiger charge is 1.99. The first-order valence-electron chi connectivity index (χ1n) is 6.10. The molecule has 0 saturated carbocycles. The van der Waals surface area contributed by atoms with E-state index in [1.54, 1.807) is 0 Å². The molecule has 0 aliphatic carbocycles. The Balaban J connectivity index is 2.99. The molecule has 2 unspecified atom stereocenters. The quantitative estimate of drug-likeness (QED) is 0.571. The van der Waals surface area contributed by atoms with Gasteiger partial charge in [0.15, 0.2) is 6.36 Å². The molecule has 0 spiro atoms. The van der Waals surface area contributed by atoms with E-state index in [2.05, 4.69) is 13.8 Å². The first-order valence-corrected chi connectivity index (χ1v) is 6.10. The third-order valence-corrected chi connectivity index (χ3v) is 2.56. The molecule has 0 rings (SSSR count). The standard InChI is InChI=1S/C12H25FO2/c1-3-11(2)15-10-8-6-4-5-7-9-12(13)14/h11-12,14H,3-10H2,1-2H3. The Hall–Kier alpha value is -0.150. The van der Waals surface area contributed by atoms with E-state index in [0.29, 0.717) is 6.10 Å². The van der Waals surface area contributed by atoms with Crippen LogP contribution >= 0.6 is 0 Å². The van der Waals surface area contributed by atoms with Crippen molar-refractivity contribution < 1.29 is 14.2 Å². The van der Waals surface area contributed by atoms with Gasteiger partial charge in [0.25, 0.3) is 0 Å². The molecule has 0 heterocycles. The lowest BCUT2D eigenvalue weighted by Gasteiger charge is -2.09. The van der Waals surface area contributed by atoms with E-state index in [0.717, 1.165) is 45.1 Å². The van der Waals surface area contributed by atoms with Gasteiger partial charge in [0.05, 0.1) is 6.10 Å². The Kier molecular flexibility index (Phi) is 10.3. The molecule has 0 aliphatic heterocycles. The fourth-order valence-corrected chi connectivity index (χ4v) is 1.35. The van der Waals surface area contributed by atoms with Crippen LogP contribution in [0.2, 0.25) is 0 Å². The summed E-state index contributed by atoms with van der Waals surface area (Å²) in [5.41, 5.74) is 0. The van der Waals surface area contributed by atoms with Crippen LogP contribution in [0.5, 0.6) is 0 Å². The lowest BCUT2D eigenvalue weighted by atomic mass is 10.1. The Morgan fingerprint density at radius 3 is 2.33 bits per heavy atom. The van der Waals surface area contributed by atoms with Crippen LogP contribution in [-0.2, 0) is 4.74 Å². The van der Waals surface area contributed by atoms with Gasteiger partial charge in [-0.1, -0.05) is 26.2 Å². The summed E-state index contributed by atoms with van der Waals surface area (Å²) in [6.45, 7) is 5.04. The topological polar surface area (TPSA) is 29.5 Å². The minimum atomic E-state index is -1.63. The summed E-state index contributed by atoms with van der Waals surface area (Å²) >= 11 is 0. The largest absolute Gasteiger partial charge is 0.379 e. The van der Waals surface area contributed by atoms with Crippen LogP contribution in [-0.4, -0.2) is 24.2 Å². The van der Waals surface area contributed by atoms with Crippen LogP contribution in [0.3, 0.4) is 0 Å². The molecule has 0 saturated heterocycles. The second-order valence-electron chi connectivity index (χ2n) is 4.08. The number of unbranched alkanes of at least 4 members (excludes halogenated alkanes) is 4. The normalized spacial score (nSPS) is 15.2.